The predicted octanol–water partition coefficient (Wildman–Crippen LogP) is -0.0927. The fourth-order valence-corrected chi connectivity index (χ4v) is 0. The van der Waals surface area contributed by atoms with Crippen LogP contribution in [0.2, 0.25) is 0 Å². The molecule has 40 valence electrons. The summed E-state index contributed by atoms with van der Waals surface area (Å²) >= 11 is 4.82. The van der Waals surface area contributed by atoms with Crippen LogP contribution in [0.3, 0.4) is 0 Å². The molecule has 0 aliphatic carbocycles. The summed E-state index contributed by atoms with van der Waals surface area (Å²) in [6.45, 7) is 2.92. The SMILES string of the molecule is C=C(Cl)C(=O)O.[SnH2]. The van der Waals surface area contributed by atoms with Crippen LogP contribution in [0.25, 0.3) is 0 Å². The van der Waals surface area contributed by atoms with Gasteiger partial charge in [-0.2, -0.15) is 0 Å². The average molecular weight is 227 g/mol. The fraction of sp³-hybridized carbons (Fsp3) is 0. The van der Waals surface area contributed by atoms with Crippen LogP contribution in [0.4, 0.5) is 0 Å². The standard InChI is InChI=1S/C3H3ClO2.Sn.2H/c1-2(4)3(5)6;;;/h1H2,(H,5,6);;;. The number of hydrogen-bond acceptors (Lipinski definition) is 1. The molecular formula is C3H5ClO2Sn. The molecule has 7 heavy (non-hydrogen) atoms. The molecule has 0 spiro atoms. The number of rotatable bonds is 1. The van der Waals surface area contributed by atoms with Crippen molar-refractivity contribution in [3.05, 3.63) is 11.6 Å². The van der Waals surface area contributed by atoms with Gasteiger partial charge in [0.15, 0.2) is 0 Å². The molecule has 0 atom stereocenters. The first-order valence-corrected chi connectivity index (χ1v) is 1.60. The van der Waals surface area contributed by atoms with Gasteiger partial charge < -0.3 is 5.11 Å². The number of hydrogen-bond donors (Lipinski definition) is 1. The first kappa shape index (κ1) is 10.3. The Kier molecular flexibility index (Phi) is 6.57. The summed E-state index contributed by atoms with van der Waals surface area (Å²) in [5, 5.41) is 7.41. The van der Waals surface area contributed by atoms with E-state index in [1.807, 2.05) is 0 Å². The van der Waals surface area contributed by atoms with E-state index >= 15 is 0 Å². The van der Waals surface area contributed by atoms with E-state index in [0.717, 1.165) is 0 Å². The normalized spacial score (nSPS) is 6.43. The van der Waals surface area contributed by atoms with Crippen molar-refractivity contribution in [1.82, 2.24) is 0 Å². The van der Waals surface area contributed by atoms with Gasteiger partial charge in [-0.15, -0.1) is 0 Å². The van der Waals surface area contributed by atoms with Crippen molar-refractivity contribution in [3.63, 3.8) is 0 Å². The molecule has 0 bridgehead atoms. The molecule has 0 saturated heterocycles. The van der Waals surface area contributed by atoms with Crippen LogP contribution < -0.4 is 0 Å². The van der Waals surface area contributed by atoms with Crippen LogP contribution in [0.5, 0.6) is 0 Å². The van der Waals surface area contributed by atoms with Gasteiger partial charge in [0.1, 0.15) is 5.03 Å². The van der Waals surface area contributed by atoms with Gasteiger partial charge in [-0.1, -0.05) is 18.2 Å². The third kappa shape index (κ3) is 6.30. The first-order chi connectivity index (χ1) is 2.64. The van der Waals surface area contributed by atoms with Crippen LogP contribution >= 0.6 is 11.6 Å². The van der Waals surface area contributed by atoms with Crippen LogP contribution in [-0.4, -0.2) is 35.0 Å². The van der Waals surface area contributed by atoms with E-state index in [-0.39, 0.29) is 28.9 Å². The van der Waals surface area contributed by atoms with Crippen molar-refractivity contribution in [3.8, 4) is 0 Å². The van der Waals surface area contributed by atoms with Crippen molar-refractivity contribution < 1.29 is 9.90 Å². The molecule has 2 nitrogen and oxygen atoms in total. The molecule has 0 saturated carbocycles. The van der Waals surface area contributed by atoms with Crippen molar-refractivity contribution in [2.45, 2.75) is 0 Å². The van der Waals surface area contributed by atoms with Crippen LogP contribution in [0.1, 0.15) is 0 Å². The van der Waals surface area contributed by atoms with Crippen molar-refractivity contribution >= 4 is 41.5 Å². The van der Waals surface area contributed by atoms with E-state index in [0.29, 0.717) is 0 Å². The number of carboxylic acids is 1. The molecule has 0 aliphatic heterocycles. The second kappa shape index (κ2) is 4.46. The summed E-state index contributed by atoms with van der Waals surface area (Å²) in [4.78, 5) is 9.47. The summed E-state index contributed by atoms with van der Waals surface area (Å²) in [7, 11) is 0. The minimum atomic E-state index is -1.17. The maximum absolute atomic E-state index is 9.47. The molecule has 1 N–H and O–H groups in total. The molecule has 0 aromatic rings. The molecular weight excluding hydrogens is 222 g/mol. The third-order valence-electron chi connectivity index (χ3n) is 0.232. The van der Waals surface area contributed by atoms with Gasteiger partial charge in [-0.3, -0.25) is 0 Å². The molecule has 0 aromatic heterocycles. The van der Waals surface area contributed by atoms with Gasteiger partial charge >= 0.3 is 29.9 Å². The molecule has 0 unspecified atom stereocenters. The zero-order chi connectivity index (χ0) is 5.15. The number of halogens is 1. The zero-order valence-electron chi connectivity index (χ0n) is 3.65. The van der Waals surface area contributed by atoms with Gasteiger partial charge in [0.25, 0.3) is 0 Å². The van der Waals surface area contributed by atoms with Gasteiger partial charge in [0.2, 0.25) is 0 Å². The minimum absolute atomic E-state index is 0. The molecule has 2 radical (unpaired) electrons. The fourth-order valence-electron chi connectivity index (χ4n) is 0. The van der Waals surface area contributed by atoms with Gasteiger partial charge in [-0.05, 0) is 0 Å². The van der Waals surface area contributed by atoms with E-state index in [1.165, 1.54) is 0 Å². The molecule has 0 fully saturated rings. The number of carbonyl (C=O) groups is 1. The summed E-state index contributed by atoms with van der Waals surface area (Å²) < 4.78 is 0. The Morgan fingerprint density at radius 3 is 1.86 bits per heavy atom. The Morgan fingerprint density at radius 1 is 1.71 bits per heavy atom. The van der Waals surface area contributed by atoms with Crippen molar-refractivity contribution in [2.24, 2.45) is 0 Å². The topological polar surface area (TPSA) is 37.3 Å². The second-order valence-corrected chi connectivity index (χ2v) is 1.17. The molecule has 4 heteroatoms. The zero-order valence-corrected chi connectivity index (χ0v) is 8.44. The Balaban J connectivity index is 0. The van der Waals surface area contributed by atoms with E-state index < -0.39 is 5.97 Å². The second-order valence-electron chi connectivity index (χ2n) is 0.710. The Hall–Kier alpha value is 0.299. The molecule has 0 amide bonds. The van der Waals surface area contributed by atoms with Crippen LogP contribution in [0, 0.1) is 0 Å². The van der Waals surface area contributed by atoms with Crippen molar-refractivity contribution in [1.29, 1.82) is 0 Å². The summed E-state index contributed by atoms with van der Waals surface area (Å²) in [6.07, 6.45) is 0. The van der Waals surface area contributed by atoms with Crippen molar-refractivity contribution in [2.75, 3.05) is 0 Å². The van der Waals surface area contributed by atoms with E-state index in [1.54, 1.807) is 0 Å². The summed E-state index contributed by atoms with van der Waals surface area (Å²) in [5.74, 6) is -1.17. The monoisotopic (exact) mass is 228 g/mol. The van der Waals surface area contributed by atoms with Gasteiger partial charge in [0, 0.05) is 0 Å². The predicted molar refractivity (Wildman–Crippen MR) is 31.2 cm³/mol. The Bertz CT molecular complexity index is 78.9. The van der Waals surface area contributed by atoms with E-state index in [4.69, 9.17) is 16.7 Å². The van der Waals surface area contributed by atoms with Gasteiger partial charge in [0.05, 0.1) is 0 Å². The molecule has 0 aromatic carbocycles. The maximum atomic E-state index is 9.47. The Morgan fingerprint density at radius 2 is 1.86 bits per heavy atom. The molecule has 0 heterocycles. The van der Waals surface area contributed by atoms with Crippen LogP contribution in [-0.2, 0) is 4.79 Å². The molecule has 0 aliphatic rings. The summed E-state index contributed by atoms with van der Waals surface area (Å²) in [6, 6.07) is 0. The Labute approximate surface area is 63.1 Å². The van der Waals surface area contributed by atoms with E-state index in [2.05, 4.69) is 6.58 Å². The summed E-state index contributed by atoms with van der Waals surface area (Å²) in [5.41, 5.74) is 0. The number of aliphatic carboxylic acids is 1. The third-order valence-corrected chi connectivity index (χ3v) is 0.394. The van der Waals surface area contributed by atoms with Crippen LogP contribution in [0.15, 0.2) is 11.6 Å². The van der Waals surface area contributed by atoms with Gasteiger partial charge in [-0.25, -0.2) is 4.79 Å². The van der Waals surface area contributed by atoms with E-state index in [9.17, 15) is 4.79 Å². The molecule has 0 rings (SSSR count). The average Bonchev–Trinajstić information content (AvgIpc) is 1.36. The number of carboxylic acid groups (broad SMARTS) is 1. The quantitative estimate of drug-likeness (QED) is 0.502. The first-order valence-electron chi connectivity index (χ1n) is 1.22.